The molecule has 0 aliphatic heterocycles. The molecule has 0 aromatic carbocycles. The summed E-state index contributed by atoms with van der Waals surface area (Å²) in [5.41, 5.74) is -1.08. The molecule has 3 aliphatic carbocycles. The molecule has 0 radical (unpaired) electrons. The zero-order valence-corrected chi connectivity index (χ0v) is 15.5. The zero-order valence-electron chi connectivity index (χ0n) is 15.5. The monoisotopic (exact) mass is 336 g/mol. The molecule has 0 heterocycles. The molecule has 3 fully saturated rings. The minimum Gasteiger partial charge on any atom is -0.469 e. The van der Waals surface area contributed by atoms with Gasteiger partial charge in [0.05, 0.1) is 12.7 Å². The fourth-order valence-corrected chi connectivity index (χ4v) is 6.50. The van der Waals surface area contributed by atoms with Gasteiger partial charge in [-0.1, -0.05) is 13.8 Å². The molecule has 4 nitrogen and oxygen atoms in total. The van der Waals surface area contributed by atoms with Gasteiger partial charge in [0.2, 0.25) is 0 Å². The number of aliphatic hydroxyl groups is 1. The highest BCUT2D eigenvalue weighted by Crippen LogP contribution is 2.66. The lowest BCUT2D eigenvalue weighted by molar-refractivity contribution is -0.156. The molecular weight excluding hydrogens is 304 g/mol. The van der Waals surface area contributed by atoms with Crippen molar-refractivity contribution in [1.29, 1.82) is 0 Å². The van der Waals surface area contributed by atoms with Crippen LogP contribution in [0.4, 0.5) is 0 Å². The van der Waals surface area contributed by atoms with E-state index in [2.05, 4.69) is 13.8 Å². The summed E-state index contributed by atoms with van der Waals surface area (Å²) in [6, 6.07) is 0. The SMILES string of the molecule is COC(=O)C[C@@H]1CCC2C3CC[C@](C)(O)[C@@]3(C)CCC2[C@@]1(C)C=O. The van der Waals surface area contributed by atoms with Gasteiger partial charge in [0.1, 0.15) is 6.29 Å². The summed E-state index contributed by atoms with van der Waals surface area (Å²) in [7, 11) is 1.42. The van der Waals surface area contributed by atoms with E-state index < -0.39 is 11.0 Å². The van der Waals surface area contributed by atoms with Crippen LogP contribution >= 0.6 is 0 Å². The Balaban J connectivity index is 1.88. The standard InChI is InChI=1S/C20H32O4/c1-18(12-21)13(11-17(22)24-4)5-6-14-15(18)7-9-19(2)16(14)8-10-20(19,3)23/h12-16,23H,5-11H2,1-4H3/t13-,14?,15?,16?,18-,19-,20-/m0/s1. The third-order valence-electron chi connectivity index (χ3n) is 8.42. The van der Waals surface area contributed by atoms with E-state index in [-0.39, 0.29) is 17.3 Å². The number of methoxy groups -OCH3 is 1. The maximum atomic E-state index is 12.1. The maximum absolute atomic E-state index is 12.1. The van der Waals surface area contributed by atoms with Gasteiger partial charge in [-0.25, -0.2) is 0 Å². The molecule has 136 valence electrons. The summed E-state index contributed by atoms with van der Waals surface area (Å²) < 4.78 is 4.85. The molecule has 0 aromatic rings. The van der Waals surface area contributed by atoms with Crippen LogP contribution in [0.25, 0.3) is 0 Å². The highest BCUT2D eigenvalue weighted by atomic mass is 16.5. The Bertz CT molecular complexity index is 528. The van der Waals surface area contributed by atoms with Gasteiger partial charge in [0.25, 0.3) is 0 Å². The van der Waals surface area contributed by atoms with Crippen LogP contribution in [0.1, 0.15) is 65.7 Å². The van der Waals surface area contributed by atoms with Crippen LogP contribution in [0.2, 0.25) is 0 Å². The number of rotatable bonds is 3. The van der Waals surface area contributed by atoms with E-state index >= 15 is 0 Å². The highest BCUT2D eigenvalue weighted by Gasteiger charge is 2.62. The van der Waals surface area contributed by atoms with Gasteiger partial charge in [0.15, 0.2) is 0 Å². The molecule has 0 spiro atoms. The van der Waals surface area contributed by atoms with Crippen LogP contribution < -0.4 is 0 Å². The average molecular weight is 336 g/mol. The second kappa shape index (κ2) is 5.82. The predicted octanol–water partition coefficient (Wildman–Crippen LogP) is 3.36. The Kier molecular flexibility index (Phi) is 4.35. The van der Waals surface area contributed by atoms with Crippen molar-refractivity contribution in [1.82, 2.24) is 0 Å². The maximum Gasteiger partial charge on any atom is 0.305 e. The molecule has 0 aromatic heterocycles. The first-order valence-corrected chi connectivity index (χ1v) is 9.45. The van der Waals surface area contributed by atoms with Gasteiger partial charge in [-0.3, -0.25) is 4.79 Å². The summed E-state index contributed by atoms with van der Waals surface area (Å²) in [4.78, 5) is 23.9. The van der Waals surface area contributed by atoms with E-state index in [0.717, 1.165) is 44.8 Å². The van der Waals surface area contributed by atoms with Crippen molar-refractivity contribution in [2.75, 3.05) is 7.11 Å². The van der Waals surface area contributed by atoms with Crippen LogP contribution in [0.5, 0.6) is 0 Å². The predicted molar refractivity (Wildman–Crippen MR) is 91.2 cm³/mol. The van der Waals surface area contributed by atoms with Gasteiger partial charge in [-0.15, -0.1) is 0 Å². The molecule has 0 bridgehead atoms. The molecule has 3 rings (SSSR count). The second-order valence-corrected chi connectivity index (χ2v) is 9.18. The highest BCUT2D eigenvalue weighted by molar-refractivity contribution is 5.71. The topological polar surface area (TPSA) is 63.6 Å². The summed E-state index contributed by atoms with van der Waals surface area (Å²) >= 11 is 0. The van der Waals surface area contributed by atoms with Crippen LogP contribution in [0, 0.1) is 34.5 Å². The fraction of sp³-hybridized carbons (Fsp3) is 0.900. The molecule has 1 N–H and O–H groups in total. The molecule has 4 heteroatoms. The number of hydrogen-bond acceptors (Lipinski definition) is 4. The van der Waals surface area contributed by atoms with Crippen LogP contribution in [0.15, 0.2) is 0 Å². The van der Waals surface area contributed by atoms with Crippen molar-refractivity contribution in [2.24, 2.45) is 34.5 Å². The Morgan fingerprint density at radius 1 is 1.12 bits per heavy atom. The zero-order chi connectivity index (χ0) is 17.8. The number of ether oxygens (including phenoxy) is 1. The van der Waals surface area contributed by atoms with Gasteiger partial charge >= 0.3 is 5.97 Å². The summed E-state index contributed by atoms with van der Waals surface area (Å²) in [6.45, 7) is 6.30. The first-order chi connectivity index (χ1) is 11.2. The van der Waals surface area contributed by atoms with E-state index in [9.17, 15) is 14.7 Å². The van der Waals surface area contributed by atoms with E-state index in [0.29, 0.717) is 24.2 Å². The van der Waals surface area contributed by atoms with Crippen molar-refractivity contribution in [3.63, 3.8) is 0 Å². The summed E-state index contributed by atoms with van der Waals surface area (Å²) in [5, 5.41) is 10.9. The number of carbonyl (C=O) groups is 2. The quantitative estimate of drug-likeness (QED) is 0.634. The first kappa shape index (κ1) is 17.9. The third-order valence-corrected chi connectivity index (χ3v) is 8.42. The number of aldehydes is 1. The van der Waals surface area contributed by atoms with Crippen molar-refractivity contribution in [3.05, 3.63) is 0 Å². The molecule has 0 saturated heterocycles. The fourth-order valence-electron chi connectivity index (χ4n) is 6.50. The number of carbonyl (C=O) groups excluding carboxylic acids is 2. The van der Waals surface area contributed by atoms with Crippen LogP contribution in [-0.2, 0) is 14.3 Å². The molecule has 3 unspecified atom stereocenters. The molecule has 7 atom stereocenters. The molecule has 3 aliphatic rings. The lowest BCUT2D eigenvalue weighted by Gasteiger charge is -2.58. The van der Waals surface area contributed by atoms with Crippen molar-refractivity contribution < 1.29 is 19.4 Å². The van der Waals surface area contributed by atoms with Crippen molar-refractivity contribution in [2.45, 2.75) is 71.3 Å². The first-order valence-electron chi connectivity index (χ1n) is 9.45. The summed E-state index contributed by atoms with van der Waals surface area (Å²) in [6.07, 6.45) is 7.29. The Hall–Kier alpha value is -0.900. The molecule has 0 amide bonds. The van der Waals surface area contributed by atoms with Gasteiger partial charge in [-0.05, 0) is 74.5 Å². The lowest BCUT2D eigenvalue weighted by Crippen LogP contribution is -2.55. The lowest BCUT2D eigenvalue weighted by atomic mass is 9.47. The Morgan fingerprint density at radius 2 is 1.79 bits per heavy atom. The van der Waals surface area contributed by atoms with Crippen molar-refractivity contribution >= 4 is 12.3 Å². The van der Waals surface area contributed by atoms with E-state index in [1.807, 2.05) is 6.92 Å². The number of hydrogen-bond donors (Lipinski definition) is 1. The van der Waals surface area contributed by atoms with E-state index in [4.69, 9.17) is 4.74 Å². The normalized spacial score (nSPS) is 50.7. The van der Waals surface area contributed by atoms with Gasteiger partial charge in [0, 0.05) is 11.8 Å². The molecular formula is C20H32O4. The van der Waals surface area contributed by atoms with Crippen LogP contribution in [0.3, 0.4) is 0 Å². The van der Waals surface area contributed by atoms with E-state index in [1.54, 1.807) is 0 Å². The summed E-state index contributed by atoms with van der Waals surface area (Å²) in [5.74, 6) is 1.17. The number of fused-ring (bicyclic) bond motifs is 3. The average Bonchev–Trinajstić information content (AvgIpc) is 2.80. The third kappa shape index (κ3) is 2.36. The smallest absolute Gasteiger partial charge is 0.305 e. The van der Waals surface area contributed by atoms with Gasteiger partial charge < -0.3 is 14.6 Å². The Labute approximate surface area is 145 Å². The van der Waals surface area contributed by atoms with Crippen molar-refractivity contribution in [3.8, 4) is 0 Å². The van der Waals surface area contributed by atoms with E-state index in [1.165, 1.54) is 7.11 Å². The minimum atomic E-state index is -0.594. The number of esters is 1. The molecule has 24 heavy (non-hydrogen) atoms. The largest absolute Gasteiger partial charge is 0.469 e. The minimum absolute atomic E-state index is 0.0346. The Morgan fingerprint density at radius 3 is 2.42 bits per heavy atom. The second-order valence-electron chi connectivity index (χ2n) is 9.18. The molecule has 3 saturated carbocycles. The van der Waals surface area contributed by atoms with Crippen LogP contribution in [-0.4, -0.2) is 30.1 Å². The van der Waals surface area contributed by atoms with Gasteiger partial charge in [-0.2, -0.15) is 0 Å².